The van der Waals surface area contributed by atoms with E-state index in [0.29, 0.717) is 18.9 Å². The quantitative estimate of drug-likeness (QED) is 0.651. The molecule has 0 aliphatic carbocycles. The molecule has 4 heteroatoms. The Bertz CT molecular complexity index is 363. The Balaban J connectivity index is 2.07. The first kappa shape index (κ1) is 17.2. The molecule has 1 aromatic rings. The van der Waals surface area contributed by atoms with Crippen LogP contribution in [0.4, 0.5) is 0 Å². The number of rotatable bonds is 10. The van der Waals surface area contributed by atoms with Gasteiger partial charge in [0.15, 0.2) is 0 Å². The molecule has 0 saturated heterocycles. The van der Waals surface area contributed by atoms with Crippen LogP contribution < -0.4 is 11.1 Å². The maximum Gasteiger partial charge on any atom is 0.220 e. The molecule has 1 rings (SSSR count). The molecular weight excluding hydrogens is 268 g/mol. The zero-order chi connectivity index (χ0) is 14.8. The van der Waals surface area contributed by atoms with Crippen LogP contribution in [0, 0.1) is 5.92 Å². The number of hydrogen-bond acceptors (Lipinski definition) is 3. The molecule has 3 N–H and O–H groups in total. The molecule has 1 unspecified atom stereocenters. The van der Waals surface area contributed by atoms with Crippen molar-refractivity contribution in [3.8, 4) is 0 Å². The summed E-state index contributed by atoms with van der Waals surface area (Å²) in [5.41, 5.74) is 5.69. The molecule has 0 radical (unpaired) electrons. The third-order valence-corrected chi connectivity index (χ3v) is 4.25. The van der Waals surface area contributed by atoms with Gasteiger partial charge in [-0.05, 0) is 43.0 Å². The molecule has 20 heavy (non-hydrogen) atoms. The molecule has 3 nitrogen and oxygen atoms in total. The minimum atomic E-state index is 0.133. The van der Waals surface area contributed by atoms with Crippen molar-refractivity contribution in [3.63, 3.8) is 0 Å². The number of amides is 1. The van der Waals surface area contributed by atoms with Gasteiger partial charge in [0.25, 0.3) is 0 Å². The van der Waals surface area contributed by atoms with Crippen LogP contribution >= 0.6 is 11.3 Å². The molecule has 0 fully saturated rings. The van der Waals surface area contributed by atoms with Crippen molar-refractivity contribution < 1.29 is 4.79 Å². The maximum absolute atomic E-state index is 11.8. The van der Waals surface area contributed by atoms with Crippen molar-refractivity contribution in [1.29, 1.82) is 0 Å². The monoisotopic (exact) mass is 296 g/mol. The van der Waals surface area contributed by atoms with Gasteiger partial charge in [-0.3, -0.25) is 4.79 Å². The highest BCUT2D eigenvalue weighted by Gasteiger charge is 2.11. The zero-order valence-corrected chi connectivity index (χ0v) is 13.5. The highest BCUT2D eigenvalue weighted by atomic mass is 32.1. The highest BCUT2D eigenvalue weighted by molar-refractivity contribution is 7.09. The predicted molar refractivity (Wildman–Crippen MR) is 86.9 cm³/mol. The summed E-state index contributed by atoms with van der Waals surface area (Å²) in [5.74, 6) is 0.715. The van der Waals surface area contributed by atoms with E-state index in [1.54, 1.807) is 0 Å². The molecule has 0 spiro atoms. The summed E-state index contributed by atoms with van der Waals surface area (Å²) in [6.07, 6.45) is 5.97. The van der Waals surface area contributed by atoms with Crippen LogP contribution in [0.1, 0.15) is 50.8 Å². The van der Waals surface area contributed by atoms with Gasteiger partial charge in [-0.25, -0.2) is 0 Å². The largest absolute Gasteiger partial charge is 0.352 e. The van der Waals surface area contributed by atoms with Crippen LogP contribution in [0.2, 0.25) is 0 Å². The number of nitrogens with one attached hydrogen (secondary N) is 1. The van der Waals surface area contributed by atoms with Gasteiger partial charge in [-0.2, -0.15) is 0 Å². The molecule has 1 heterocycles. The number of hydrogen-bond donors (Lipinski definition) is 2. The first-order valence-corrected chi connectivity index (χ1v) is 8.51. The minimum absolute atomic E-state index is 0.133. The molecule has 1 amide bonds. The molecular formula is C16H28N2OS. The van der Waals surface area contributed by atoms with Crippen molar-refractivity contribution in [1.82, 2.24) is 5.32 Å². The Kier molecular flexibility index (Phi) is 8.54. The molecule has 114 valence electrons. The number of carbonyl (C=O) groups excluding carboxylic acids is 1. The molecule has 1 atom stereocenters. The van der Waals surface area contributed by atoms with E-state index in [-0.39, 0.29) is 11.9 Å². The van der Waals surface area contributed by atoms with Gasteiger partial charge in [0.1, 0.15) is 0 Å². The Morgan fingerprint density at radius 1 is 1.35 bits per heavy atom. The summed E-state index contributed by atoms with van der Waals surface area (Å²) >= 11 is 1.81. The van der Waals surface area contributed by atoms with E-state index in [9.17, 15) is 4.79 Å². The van der Waals surface area contributed by atoms with Crippen LogP contribution in [0.25, 0.3) is 0 Å². The Morgan fingerprint density at radius 2 is 2.15 bits per heavy atom. The van der Waals surface area contributed by atoms with Gasteiger partial charge in [0.05, 0.1) is 0 Å². The number of carbonyl (C=O) groups is 1. The average Bonchev–Trinajstić information content (AvgIpc) is 2.90. The van der Waals surface area contributed by atoms with E-state index >= 15 is 0 Å². The summed E-state index contributed by atoms with van der Waals surface area (Å²) in [5, 5.41) is 5.16. The first-order valence-electron chi connectivity index (χ1n) is 7.63. The molecule has 0 bridgehead atoms. The second-order valence-corrected chi connectivity index (χ2v) is 6.80. The van der Waals surface area contributed by atoms with Gasteiger partial charge in [-0.1, -0.05) is 26.3 Å². The van der Waals surface area contributed by atoms with Crippen molar-refractivity contribution in [3.05, 3.63) is 22.4 Å². The number of thiophene rings is 1. The zero-order valence-electron chi connectivity index (χ0n) is 12.7. The Labute approximate surface area is 127 Å². The third kappa shape index (κ3) is 7.65. The summed E-state index contributed by atoms with van der Waals surface area (Å²) in [6, 6.07) is 4.40. The molecule has 0 aliphatic heterocycles. The molecule has 1 aromatic heterocycles. The highest BCUT2D eigenvalue weighted by Crippen LogP contribution is 2.13. The third-order valence-electron chi connectivity index (χ3n) is 3.31. The summed E-state index contributed by atoms with van der Waals surface area (Å²) in [7, 11) is 0. The lowest BCUT2D eigenvalue weighted by atomic mass is 10.0. The lowest BCUT2D eigenvalue weighted by Crippen LogP contribution is -2.40. The van der Waals surface area contributed by atoms with Crippen LogP contribution in [0.3, 0.4) is 0 Å². The van der Waals surface area contributed by atoms with E-state index in [1.807, 2.05) is 11.3 Å². The lowest BCUT2D eigenvalue weighted by molar-refractivity contribution is -0.121. The average molecular weight is 296 g/mol. The second-order valence-electron chi connectivity index (χ2n) is 5.77. The molecule has 0 aliphatic rings. The fourth-order valence-corrected chi connectivity index (χ4v) is 3.05. The van der Waals surface area contributed by atoms with Crippen molar-refractivity contribution in [2.75, 3.05) is 6.54 Å². The minimum Gasteiger partial charge on any atom is -0.352 e. The fraction of sp³-hybridized carbons (Fsp3) is 0.688. The van der Waals surface area contributed by atoms with Crippen molar-refractivity contribution in [2.24, 2.45) is 11.7 Å². The standard InChI is InChI=1S/C16H28N2OS/c1-13(2)11-14(12-17)18-16(19)9-5-3-4-7-15-8-6-10-20-15/h6,8,10,13-14H,3-5,7,9,11-12,17H2,1-2H3,(H,18,19). The van der Waals surface area contributed by atoms with Gasteiger partial charge >= 0.3 is 0 Å². The first-order chi connectivity index (χ1) is 9.61. The molecule has 0 saturated carbocycles. The van der Waals surface area contributed by atoms with Crippen LogP contribution in [0.5, 0.6) is 0 Å². The summed E-state index contributed by atoms with van der Waals surface area (Å²) < 4.78 is 0. The predicted octanol–water partition coefficient (Wildman–Crippen LogP) is 3.34. The van der Waals surface area contributed by atoms with Gasteiger partial charge < -0.3 is 11.1 Å². The Hall–Kier alpha value is -0.870. The smallest absolute Gasteiger partial charge is 0.220 e. The van der Waals surface area contributed by atoms with Crippen molar-refractivity contribution in [2.45, 2.75) is 58.4 Å². The summed E-state index contributed by atoms with van der Waals surface area (Å²) in [4.78, 5) is 13.3. The number of nitrogens with two attached hydrogens (primary N) is 1. The van der Waals surface area contributed by atoms with Crippen LogP contribution in [-0.4, -0.2) is 18.5 Å². The maximum atomic E-state index is 11.8. The van der Waals surface area contributed by atoms with Gasteiger partial charge in [-0.15, -0.1) is 11.3 Å². The van der Waals surface area contributed by atoms with Gasteiger partial charge in [0, 0.05) is 23.9 Å². The fourth-order valence-electron chi connectivity index (χ4n) is 2.30. The van der Waals surface area contributed by atoms with Gasteiger partial charge in [0.2, 0.25) is 5.91 Å². The molecule has 0 aromatic carbocycles. The van der Waals surface area contributed by atoms with E-state index in [0.717, 1.165) is 25.7 Å². The lowest BCUT2D eigenvalue weighted by Gasteiger charge is -2.18. The normalized spacial score (nSPS) is 12.6. The van der Waals surface area contributed by atoms with E-state index in [1.165, 1.54) is 11.3 Å². The second kappa shape index (κ2) is 9.94. The number of unbranched alkanes of at least 4 members (excludes halogenated alkanes) is 2. The number of aryl methyl sites for hydroxylation is 1. The summed E-state index contributed by atoms with van der Waals surface area (Å²) in [6.45, 7) is 4.83. The topological polar surface area (TPSA) is 55.1 Å². The Morgan fingerprint density at radius 3 is 2.75 bits per heavy atom. The van der Waals surface area contributed by atoms with E-state index in [2.05, 4.69) is 36.7 Å². The van der Waals surface area contributed by atoms with Crippen LogP contribution in [-0.2, 0) is 11.2 Å². The SMILES string of the molecule is CC(C)CC(CN)NC(=O)CCCCCc1cccs1. The van der Waals surface area contributed by atoms with E-state index in [4.69, 9.17) is 5.73 Å². The van der Waals surface area contributed by atoms with Crippen LogP contribution in [0.15, 0.2) is 17.5 Å². The van der Waals surface area contributed by atoms with Crippen molar-refractivity contribution >= 4 is 17.2 Å². The van der Waals surface area contributed by atoms with E-state index < -0.39 is 0 Å².